The Kier molecular flexibility index (Phi) is 4.54. The molecule has 2 rings (SSSR count). The number of aromatic nitrogens is 1. The first kappa shape index (κ1) is 15.4. The van der Waals surface area contributed by atoms with Crippen LogP contribution < -0.4 is 16.6 Å². The van der Waals surface area contributed by atoms with Gasteiger partial charge in [-0.15, -0.1) is 0 Å². The molecule has 0 radical (unpaired) electrons. The standard InChI is InChI=1S/C14H14BrFN4O/c1-7-3-11(16)10(15)5-12(7)19-14(21)9-6-18-8(2)4-13(9)20-17/h3-6H,17H2,1-2H3,(H,18,20)(H,19,21). The molecule has 2 aromatic rings. The van der Waals surface area contributed by atoms with Crippen molar-refractivity contribution in [2.45, 2.75) is 13.8 Å². The molecule has 0 aliphatic carbocycles. The van der Waals surface area contributed by atoms with Crippen molar-refractivity contribution in [3.05, 3.63) is 51.5 Å². The summed E-state index contributed by atoms with van der Waals surface area (Å²) in [5, 5.41) is 2.72. The summed E-state index contributed by atoms with van der Waals surface area (Å²) in [6.07, 6.45) is 1.44. The van der Waals surface area contributed by atoms with Crippen LogP contribution in [0.1, 0.15) is 21.6 Å². The maximum absolute atomic E-state index is 13.4. The Morgan fingerprint density at radius 1 is 1.29 bits per heavy atom. The minimum atomic E-state index is -0.383. The molecule has 0 bridgehead atoms. The summed E-state index contributed by atoms with van der Waals surface area (Å²) in [6.45, 7) is 3.50. The van der Waals surface area contributed by atoms with Crippen LogP contribution >= 0.6 is 15.9 Å². The van der Waals surface area contributed by atoms with Gasteiger partial charge in [-0.3, -0.25) is 15.6 Å². The van der Waals surface area contributed by atoms with Gasteiger partial charge in [0.15, 0.2) is 0 Å². The van der Waals surface area contributed by atoms with E-state index in [0.717, 1.165) is 5.69 Å². The van der Waals surface area contributed by atoms with E-state index in [0.29, 0.717) is 22.5 Å². The van der Waals surface area contributed by atoms with Crippen LogP contribution in [0.25, 0.3) is 0 Å². The molecule has 4 N–H and O–H groups in total. The topological polar surface area (TPSA) is 80.0 Å². The van der Waals surface area contributed by atoms with Crippen molar-refractivity contribution < 1.29 is 9.18 Å². The van der Waals surface area contributed by atoms with Crippen molar-refractivity contribution in [1.82, 2.24) is 4.98 Å². The number of benzene rings is 1. The van der Waals surface area contributed by atoms with Gasteiger partial charge >= 0.3 is 0 Å². The summed E-state index contributed by atoms with van der Waals surface area (Å²) in [7, 11) is 0. The molecule has 0 fully saturated rings. The molecule has 0 aliphatic rings. The first-order valence-corrected chi connectivity index (χ1v) is 6.92. The number of hydrazine groups is 1. The van der Waals surface area contributed by atoms with Crippen molar-refractivity contribution in [1.29, 1.82) is 0 Å². The van der Waals surface area contributed by atoms with Gasteiger partial charge in [0.05, 0.1) is 15.7 Å². The van der Waals surface area contributed by atoms with Gasteiger partial charge in [-0.2, -0.15) is 0 Å². The molecule has 1 aromatic heterocycles. The minimum Gasteiger partial charge on any atom is -0.323 e. The van der Waals surface area contributed by atoms with Crippen molar-refractivity contribution in [3.8, 4) is 0 Å². The van der Waals surface area contributed by atoms with Crippen LogP contribution in [-0.4, -0.2) is 10.9 Å². The lowest BCUT2D eigenvalue weighted by molar-refractivity contribution is 0.102. The number of amides is 1. The Labute approximate surface area is 129 Å². The van der Waals surface area contributed by atoms with Gasteiger partial charge in [-0.05, 0) is 53.5 Å². The number of aryl methyl sites for hydroxylation is 2. The average Bonchev–Trinajstić information content (AvgIpc) is 2.44. The van der Waals surface area contributed by atoms with Crippen molar-refractivity contribution >= 4 is 33.2 Å². The number of rotatable bonds is 3. The zero-order valence-electron chi connectivity index (χ0n) is 11.5. The van der Waals surface area contributed by atoms with Crippen molar-refractivity contribution in [3.63, 3.8) is 0 Å². The second-order valence-electron chi connectivity index (χ2n) is 4.55. The number of halogens is 2. The quantitative estimate of drug-likeness (QED) is 0.585. The van der Waals surface area contributed by atoms with Gasteiger partial charge < -0.3 is 10.7 Å². The third-order valence-electron chi connectivity index (χ3n) is 2.96. The maximum Gasteiger partial charge on any atom is 0.259 e. The molecule has 7 heteroatoms. The Hall–Kier alpha value is -1.99. The molecular formula is C14H14BrFN4O. The first-order valence-electron chi connectivity index (χ1n) is 6.12. The highest BCUT2D eigenvalue weighted by Gasteiger charge is 2.14. The number of nitrogens with two attached hydrogens (primary N) is 1. The number of carbonyl (C=O) groups excluding carboxylic acids is 1. The van der Waals surface area contributed by atoms with E-state index in [1.54, 1.807) is 19.9 Å². The molecule has 0 unspecified atom stereocenters. The first-order chi connectivity index (χ1) is 9.92. The fourth-order valence-corrected chi connectivity index (χ4v) is 2.17. The number of hydrogen-bond donors (Lipinski definition) is 3. The van der Waals surface area contributed by atoms with Gasteiger partial charge in [0.2, 0.25) is 0 Å². The fraction of sp³-hybridized carbons (Fsp3) is 0.143. The lowest BCUT2D eigenvalue weighted by Gasteiger charge is -2.12. The van der Waals surface area contributed by atoms with Crippen molar-refractivity contribution in [2.24, 2.45) is 5.84 Å². The zero-order valence-corrected chi connectivity index (χ0v) is 13.1. The van der Waals surface area contributed by atoms with E-state index in [9.17, 15) is 9.18 Å². The summed E-state index contributed by atoms with van der Waals surface area (Å²) < 4.78 is 13.7. The number of pyridine rings is 1. The molecule has 0 saturated carbocycles. The van der Waals surface area contributed by atoms with Crippen LogP contribution in [0.4, 0.5) is 15.8 Å². The van der Waals surface area contributed by atoms with Gasteiger partial charge in [0.1, 0.15) is 5.82 Å². The molecule has 0 atom stereocenters. The molecule has 0 aliphatic heterocycles. The highest BCUT2D eigenvalue weighted by Crippen LogP contribution is 2.25. The Balaban J connectivity index is 2.32. The number of anilines is 2. The Morgan fingerprint density at radius 3 is 2.67 bits per heavy atom. The van der Waals surface area contributed by atoms with Crippen LogP contribution in [0.2, 0.25) is 0 Å². The predicted octanol–water partition coefficient (Wildman–Crippen LogP) is 3.14. The summed E-state index contributed by atoms with van der Waals surface area (Å²) in [4.78, 5) is 16.4. The Morgan fingerprint density at radius 2 is 2.00 bits per heavy atom. The molecule has 5 nitrogen and oxygen atoms in total. The van der Waals surface area contributed by atoms with E-state index in [1.807, 2.05) is 0 Å². The average molecular weight is 353 g/mol. The smallest absolute Gasteiger partial charge is 0.259 e. The zero-order chi connectivity index (χ0) is 15.6. The summed E-state index contributed by atoms with van der Waals surface area (Å²) >= 11 is 3.09. The molecule has 110 valence electrons. The Bertz CT molecular complexity index is 706. The summed E-state index contributed by atoms with van der Waals surface area (Å²) in [6, 6.07) is 4.53. The van der Waals surface area contributed by atoms with Gasteiger partial charge in [0, 0.05) is 17.6 Å². The minimum absolute atomic E-state index is 0.280. The molecule has 21 heavy (non-hydrogen) atoms. The van der Waals surface area contributed by atoms with Gasteiger partial charge in [-0.25, -0.2) is 4.39 Å². The van der Waals surface area contributed by atoms with Crippen molar-refractivity contribution in [2.75, 3.05) is 10.7 Å². The maximum atomic E-state index is 13.4. The van der Waals surface area contributed by atoms with Crippen LogP contribution in [0, 0.1) is 19.7 Å². The third kappa shape index (κ3) is 3.37. The number of hydrogen-bond acceptors (Lipinski definition) is 4. The van der Waals surface area contributed by atoms with Crippen LogP contribution in [0.15, 0.2) is 28.9 Å². The van der Waals surface area contributed by atoms with Crippen LogP contribution in [-0.2, 0) is 0 Å². The molecule has 1 amide bonds. The third-order valence-corrected chi connectivity index (χ3v) is 3.56. The molecule has 1 aromatic carbocycles. The second kappa shape index (κ2) is 6.19. The van der Waals surface area contributed by atoms with Crippen LogP contribution in [0.5, 0.6) is 0 Å². The fourth-order valence-electron chi connectivity index (χ4n) is 1.83. The van der Waals surface area contributed by atoms with E-state index in [2.05, 4.69) is 31.7 Å². The number of nitrogens with zero attached hydrogens (tertiary/aromatic N) is 1. The normalized spacial score (nSPS) is 10.3. The molecule has 1 heterocycles. The second-order valence-corrected chi connectivity index (χ2v) is 5.41. The highest BCUT2D eigenvalue weighted by atomic mass is 79.9. The molecule has 0 saturated heterocycles. The number of carbonyl (C=O) groups is 1. The van der Waals surface area contributed by atoms with E-state index in [1.165, 1.54) is 18.3 Å². The largest absolute Gasteiger partial charge is 0.323 e. The number of nitrogens with one attached hydrogen (secondary N) is 2. The lowest BCUT2D eigenvalue weighted by Crippen LogP contribution is -2.18. The lowest BCUT2D eigenvalue weighted by atomic mass is 10.1. The van der Waals surface area contributed by atoms with E-state index in [4.69, 9.17) is 5.84 Å². The van der Waals surface area contributed by atoms with E-state index >= 15 is 0 Å². The molecular weight excluding hydrogens is 339 g/mol. The molecule has 0 spiro atoms. The number of nitrogen functional groups attached to an aromatic ring is 1. The SMILES string of the molecule is Cc1cc(NN)c(C(=O)Nc2cc(Br)c(F)cc2C)cn1. The van der Waals surface area contributed by atoms with E-state index < -0.39 is 0 Å². The van der Waals surface area contributed by atoms with Gasteiger partial charge in [-0.1, -0.05) is 0 Å². The van der Waals surface area contributed by atoms with Gasteiger partial charge in [0.25, 0.3) is 5.91 Å². The summed E-state index contributed by atoms with van der Waals surface area (Å²) in [5.74, 6) is 4.65. The van der Waals surface area contributed by atoms with E-state index in [-0.39, 0.29) is 16.2 Å². The highest BCUT2D eigenvalue weighted by molar-refractivity contribution is 9.10. The monoisotopic (exact) mass is 352 g/mol. The predicted molar refractivity (Wildman–Crippen MR) is 83.6 cm³/mol. The summed E-state index contributed by atoms with van der Waals surface area (Å²) in [5.41, 5.74) is 5.11. The van der Waals surface area contributed by atoms with Crippen LogP contribution in [0.3, 0.4) is 0 Å².